The lowest BCUT2D eigenvalue weighted by molar-refractivity contribution is 0.248. The number of sulfonamides is 1. The molecular formula is C25H27N5O3S. The van der Waals surface area contributed by atoms with E-state index in [0.717, 1.165) is 23.1 Å². The molecule has 1 aliphatic heterocycles. The molecule has 176 valence electrons. The summed E-state index contributed by atoms with van der Waals surface area (Å²) in [6.45, 7) is 3.10. The summed E-state index contributed by atoms with van der Waals surface area (Å²) in [4.78, 5) is 14.1. The maximum absolute atomic E-state index is 13.5. The van der Waals surface area contributed by atoms with E-state index in [1.165, 1.54) is 0 Å². The summed E-state index contributed by atoms with van der Waals surface area (Å²) < 4.78 is 34.3. The number of piperidine rings is 1. The lowest BCUT2D eigenvalue weighted by atomic mass is 9.93. The Balaban J connectivity index is 1.35. The van der Waals surface area contributed by atoms with Crippen LogP contribution in [0.1, 0.15) is 13.3 Å². The Labute approximate surface area is 199 Å². The Hall–Kier alpha value is -3.43. The SMILES string of the molecule is C[C@@H]1CCN(S(=O)(=O)c2ccc(Oc3ccccn3)cc2)CC1N(C)c1ccnc2[nH]ccc12. The average molecular weight is 478 g/mol. The highest BCUT2D eigenvalue weighted by Gasteiger charge is 2.36. The van der Waals surface area contributed by atoms with Gasteiger partial charge in [-0.15, -0.1) is 0 Å². The number of rotatable bonds is 6. The molecule has 0 bridgehead atoms. The molecule has 9 heteroatoms. The van der Waals surface area contributed by atoms with E-state index in [4.69, 9.17) is 4.74 Å². The summed E-state index contributed by atoms with van der Waals surface area (Å²) in [7, 11) is -1.61. The second-order valence-electron chi connectivity index (χ2n) is 8.62. The third kappa shape index (κ3) is 4.24. The van der Waals surface area contributed by atoms with Crippen LogP contribution in [0.25, 0.3) is 11.0 Å². The summed E-state index contributed by atoms with van der Waals surface area (Å²) in [6.07, 6.45) is 6.08. The first-order valence-electron chi connectivity index (χ1n) is 11.3. The van der Waals surface area contributed by atoms with Crippen molar-refractivity contribution in [3.8, 4) is 11.6 Å². The quantitative estimate of drug-likeness (QED) is 0.446. The van der Waals surface area contributed by atoms with Gasteiger partial charge < -0.3 is 14.6 Å². The molecule has 0 aliphatic carbocycles. The topological polar surface area (TPSA) is 91.4 Å². The standard InChI is InChI=1S/C25H27N5O3S/c1-18-12-16-30(17-23(18)29(2)22-11-15-28-25-21(22)10-14-27-25)34(31,32)20-8-6-19(7-9-20)33-24-5-3-4-13-26-24/h3-11,13-15,18,23H,12,16-17H2,1-2H3,(H,27,28)/t18-,23?/m1/s1. The molecule has 34 heavy (non-hydrogen) atoms. The first kappa shape index (κ1) is 22.4. The average Bonchev–Trinajstić information content (AvgIpc) is 3.34. The zero-order valence-corrected chi connectivity index (χ0v) is 19.9. The zero-order valence-electron chi connectivity index (χ0n) is 19.1. The molecule has 3 aromatic heterocycles. The Bertz CT molecular complexity index is 1370. The molecular weight excluding hydrogens is 450 g/mol. The van der Waals surface area contributed by atoms with Crippen molar-refractivity contribution in [1.29, 1.82) is 0 Å². The fraction of sp³-hybridized carbons (Fsp3) is 0.280. The number of aromatic nitrogens is 3. The number of likely N-dealkylation sites (N-methyl/N-ethyl adjacent to an activating group) is 1. The van der Waals surface area contributed by atoms with Crippen molar-refractivity contribution in [2.45, 2.75) is 24.3 Å². The Kier molecular flexibility index (Phi) is 5.97. The van der Waals surface area contributed by atoms with Gasteiger partial charge in [0.25, 0.3) is 0 Å². The van der Waals surface area contributed by atoms with Gasteiger partial charge in [-0.05, 0) is 54.8 Å². The Morgan fingerprint density at radius 2 is 1.88 bits per heavy atom. The van der Waals surface area contributed by atoms with Crippen molar-refractivity contribution >= 4 is 26.7 Å². The highest BCUT2D eigenvalue weighted by molar-refractivity contribution is 7.89. The number of ether oxygens (including phenoxy) is 1. The van der Waals surface area contributed by atoms with E-state index in [9.17, 15) is 8.42 Å². The summed E-state index contributed by atoms with van der Waals surface area (Å²) in [5.74, 6) is 1.34. The van der Waals surface area contributed by atoms with E-state index in [-0.39, 0.29) is 10.9 Å². The van der Waals surface area contributed by atoms with Gasteiger partial charge in [0.15, 0.2) is 0 Å². The van der Waals surface area contributed by atoms with Crippen LogP contribution in [-0.2, 0) is 10.0 Å². The minimum absolute atomic E-state index is 0.0378. The van der Waals surface area contributed by atoms with Gasteiger partial charge in [-0.25, -0.2) is 18.4 Å². The van der Waals surface area contributed by atoms with Gasteiger partial charge >= 0.3 is 0 Å². The van der Waals surface area contributed by atoms with Gasteiger partial charge in [-0.2, -0.15) is 4.31 Å². The Morgan fingerprint density at radius 1 is 1.06 bits per heavy atom. The van der Waals surface area contributed by atoms with Crippen LogP contribution in [0.5, 0.6) is 11.6 Å². The van der Waals surface area contributed by atoms with Gasteiger partial charge in [0, 0.05) is 61.9 Å². The number of pyridine rings is 2. The molecule has 1 unspecified atom stereocenters. The number of anilines is 1. The van der Waals surface area contributed by atoms with E-state index in [1.54, 1.807) is 47.0 Å². The first-order chi connectivity index (χ1) is 16.4. The van der Waals surface area contributed by atoms with Crippen molar-refractivity contribution in [3.63, 3.8) is 0 Å². The van der Waals surface area contributed by atoms with E-state index in [0.29, 0.717) is 30.6 Å². The molecule has 0 radical (unpaired) electrons. The normalized spacial score (nSPS) is 19.2. The van der Waals surface area contributed by atoms with Crippen LogP contribution in [0.3, 0.4) is 0 Å². The van der Waals surface area contributed by atoms with E-state index < -0.39 is 10.0 Å². The second-order valence-corrected chi connectivity index (χ2v) is 10.6. The number of aromatic amines is 1. The molecule has 1 N–H and O–H groups in total. The van der Waals surface area contributed by atoms with Crippen molar-refractivity contribution in [1.82, 2.24) is 19.3 Å². The van der Waals surface area contributed by atoms with Crippen LogP contribution in [-0.4, -0.2) is 53.9 Å². The molecule has 1 aromatic carbocycles. The van der Waals surface area contributed by atoms with Crippen LogP contribution >= 0.6 is 0 Å². The number of hydrogen-bond acceptors (Lipinski definition) is 6. The first-order valence-corrected chi connectivity index (χ1v) is 12.7. The number of fused-ring (bicyclic) bond motifs is 1. The van der Waals surface area contributed by atoms with Gasteiger partial charge in [-0.3, -0.25) is 0 Å². The molecule has 0 spiro atoms. The molecule has 1 saturated heterocycles. The van der Waals surface area contributed by atoms with Gasteiger partial charge in [0.1, 0.15) is 11.4 Å². The molecule has 8 nitrogen and oxygen atoms in total. The third-order valence-electron chi connectivity index (χ3n) is 6.52. The van der Waals surface area contributed by atoms with Crippen LogP contribution in [0, 0.1) is 5.92 Å². The molecule has 0 amide bonds. The summed E-state index contributed by atoms with van der Waals surface area (Å²) >= 11 is 0. The zero-order chi connectivity index (χ0) is 23.7. The third-order valence-corrected chi connectivity index (χ3v) is 8.40. The van der Waals surface area contributed by atoms with Crippen LogP contribution in [0.15, 0.2) is 78.1 Å². The number of nitrogens with zero attached hydrogens (tertiary/aromatic N) is 4. The predicted octanol–water partition coefficient (Wildman–Crippen LogP) is 4.29. The fourth-order valence-corrected chi connectivity index (χ4v) is 6.00. The lowest BCUT2D eigenvalue weighted by Crippen LogP contribution is -2.52. The molecule has 5 rings (SSSR count). The molecule has 4 aromatic rings. The Morgan fingerprint density at radius 3 is 2.65 bits per heavy atom. The molecule has 4 heterocycles. The van der Waals surface area contributed by atoms with Crippen LogP contribution < -0.4 is 9.64 Å². The largest absolute Gasteiger partial charge is 0.439 e. The van der Waals surface area contributed by atoms with Gasteiger partial charge in [0.2, 0.25) is 15.9 Å². The maximum atomic E-state index is 13.5. The monoisotopic (exact) mass is 477 g/mol. The van der Waals surface area contributed by atoms with Crippen molar-refractivity contribution in [3.05, 3.63) is 73.2 Å². The fourth-order valence-electron chi connectivity index (χ4n) is 4.53. The minimum Gasteiger partial charge on any atom is -0.439 e. The molecule has 1 fully saturated rings. The highest BCUT2D eigenvalue weighted by atomic mass is 32.2. The minimum atomic E-state index is -3.64. The van der Waals surface area contributed by atoms with E-state index >= 15 is 0 Å². The van der Waals surface area contributed by atoms with Crippen LogP contribution in [0.4, 0.5) is 5.69 Å². The van der Waals surface area contributed by atoms with Gasteiger partial charge in [0.05, 0.1) is 4.90 Å². The smallest absolute Gasteiger partial charge is 0.243 e. The van der Waals surface area contributed by atoms with E-state index in [2.05, 4.69) is 26.8 Å². The molecule has 1 aliphatic rings. The summed E-state index contributed by atoms with van der Waals surface area (Å²) in [5.41, 5.74) is 1.86. The molecule has 2 atom stereocenters. The number of nitrogens with one attached hydrogen (secondary N) is 1. The maximum Gasteiger partial charge on any atom is 0.243 e. The van der Waals surface area contributed by atoms with E-state index in [1.807, 2.05) is 37.5 Å². The highest BCUT2D eigenvalue weighted by Crippen LogP contribution is 2.32. The summed E-state index contributed by atoms with van der Waals surface area (Å²) in [6, 6.07) is 15.9. The number of H-pyrrole nitrogens is 1. The van der Waals surface area contributed by atoms with Crippen LogP contribution in [0.2, 0.25) is 0 Å². The number of hydrogen-bond donors (Lipinski definition) is 1. The number of benzene rings is 1. The van der Waals surface area contributed by atoms with Gasteiger partial charge in [-0.1, -0.05) is 13.0 Å². The predicted molar refractivity (Wildman–Crippen MR) is 132 cm³/mol. The van der Waals surface area contributed by atoms with Crippen molar-refractivity contribution in [2.75, 3.05) is 25.0 Å². The van der Waals surface area contributed by atoms with Crippen molar-refractivity contribution in [2.24, 2.45) is 5.92 Å². The summed E-state index contributed by atoms with van der Waals surface area (Å²) in [5, 5.41) is 1.03. The lowest BCUT2D eigenvalue weighted by Gasteiger charge is -2.42. The van der Waals surface area contributed by atoms with Crippen molar-refractivity contribution < 1.29 is 13.2 Å². The molecule has 0 saturated carbocycles. The second kappa shape index (κ2) is 9.08.